The zero-order valence-corrected chi connectivity index (χ0v) is 17.1. The number of anilines is 2. The number of unbranched alkanes of at least 4 members (excludes halogenated alkanes) is 2. The maximum absolute atomic E-state index is 13.1. The van der Waals surface area contributed by atoms with Gasteiger partial charge in [-0.05, 0) is 80.1 Å². The first-order chi connectivity index (χ1) is 14.7. The smallest absolute Gasteiger partial charge is 0.255 e. The SMILES string of the molecule is O=C(Nc1cccc2c1CCCN2CCCCCn1cccn1)c1ccc(F)cc1. The number of rotatable bonds is 8. The van der Waals surface area contributed by atoms with E-state index in [-0.39, 0.29) is 11.7 Å². The van der Waals surface area contributed by atoms with Crippen LogP contribution in [-0.4, -0.2) is 28.8 Å². The molecule has 1 amide bonds. The van der Waals surface area contributed by atoms with Crippen LogP contribution >= 0.6 is 0 Å². The molecular weight excluding hydrogens is 379 g/mol. The van der Waals surface area contributed by atoms with Gasteiger partial charge < -0.3 is 10.2 Å². The molecule has 5 nitrogen and oxygen atoms in total. The van der Waals surface area contributed by atoms with Crippen LogP contribution < -0.4 is 10.2 Å². The zero-order chi connectivity index (χ0) is 20.8. The molecule has 0 saturated carbocycles. The summed E-state index contributed by atoms with van der Waals surface area (Å²) in [6.45, 7) is 3.02. The van der Waals surface area contributed by atoms with Crippen LogP contribution in [-0.2, 0) is 13.0 Å². The van der Waals surface area contributed by atoms with Crippen LogP contribution in [0.1, 0.15) is 41.6 Å². The standard InChI is InChI=1S/C24H27FN4O/c25-20-12-10-19(11-13-20)24(30)27-22-8-4-9-23-21(22)7-5-16-28(23)15-2-1-3-17-29-18-6-14-26-29/h4,6,8-14,18H,1-3,5,7,15-17H2,(H,27,30). The molecule has 0 aliphatic carbocycles. The number of hydrogen-bond donors (Lipinski definition) is 1. The third kappa shape index (κ3) is 4.87. The highest BCUT2D eigenvalue weighted by Crippen LogP contribution is 2.33. The second-order valence-corrected chi connectivity index (χ2v) is 7.68. The largest absolute Gasteiger partial charge is 0.371 e. The average molecular weight is 407 g/mol. The highest BCUT2D eigenvalue weighted by atomic mass is 19.1. The fourth-order valence-electron chi connectivity index (χ4n) is 4.03. The molecule has 0 unspecified atom stereocenters. The van der Waals surface area contributed by atoms with E-state index in [1.165, 1.54) is 35.5 Å². The van der Waals surface area contributed by atoms with Crippen molar-refractivity contribution < 1.29 is 9.18 Å². The maximum Gasteiger partial charge on any atom is 0.255 e. The van der Waals surface area contributed by atoms with E-state index >= 15 is 0 Å². The fraction of sp³-hybridized carbons (Fsp3) is 0.333. The Balaban J connectivity index is 1.36. The molecule has 1 N–H and O–H groups in total. The molecule has 2 heterocycles. The molecular formula is C24H27FN4O. The van der Waals surface area contributed by atoms with Crippen LogP contribution in [0, 0.1) is 5.82 Å². The molecule has 4 rings (SSSR count). The van der Waals surface area contributed by atoms with Crippen molar-refractivity contribution in [3.63, 3.8) is 0 Å². The second-order valence-electron chi connectivity index (χ2n) is 7.68. The summed E-state index contributed by atoms with van der Waals surface area (Å²) in [7, 11) is 0. The first kappa shape index (κ1) is 20.1. The van der Waals surface area contributed by atoms with Crippen LogP contribution in [0.2, 0.25) is 0 Å². The Bertz CT molecular complexity index is 969. The number of aromatic nitrogens is 2. The quantitative estimate of drug-likeness (QED) is 0.542. The molecule has 0 saturated heterocycles. The summed E-state index contributed by atoms with van der Waals surface area (Å²) in [6, 6.07) is 13.7. The van der Waals surface area contributed by atoms with E-state index in [0.29, 0.717) is 5.56 Å². The summed E-state index contributed by atoms with van der Waals surface area (Å²) < 4.78 is 15.1. The Kier molecular flexibility index (Phi) is 6.42. The molecule has 0 spiro atoms. The minimum Gasteiger partial charge on any atom is -0.371 e. The van der Waals surface area contributed by atoms with Crippen molar-refractivity contribution in [2.24, 2.45) is 0 Å². The molecule has 0 radical (unpaired) electrons. The minimum atomic E-state index is -0.344. The maximum atomic E-state index is 13.1. The number of benzene rings is 2. The number of hydrogen-bond acceptors (Lipinski definition) is 3. The van der Waals surface area contributed by atoms with Gasteiger partial charge in [-0.15, -0.1) is 0 Å². The molecule has 30 heavy (non-hydrogen) atoms. The molecule has 0 bridgehead atoms. The summed E-state index contributed by atoms with van der Waals surface area (Å²) in [5, 5.41) is 7.27. The van der Waals surface area contributed by atoms with Gasteiger partial charge in [-0.3, -0.25) is 9.48 Å². The van der Waals surface area contributed by atoms with E-state index in [1.54, 1.807) is 0 Å². The van der Waals surface area contributed by atoms with Gasteiger partial charge in [0.05, 0.1) is 0 Å². The lowest BCUT2D eigenvalue weighted by atomic mass is 9.99. The van der Waals surface area contributed by atoms with E-state index in [1.807, 2.05) is 35.3 Å². The Morgan fingerprint density at radius 1 is 1.03 bits per heavy atom. The third-order valence-electron chi connectivity index (χ3n) is 5.58. The molecule has 1 aliphatic heterocycles. The van der Waals surface area contributed by atoms with Crippen molar-refractivity contribution in [2.75, 3.05) is 23.3 Å². The van der Waals surface area contributed by atoms with Crippen LogP contribution in [0.3, 0.4) is 0 Å². The summed E-state index contributed by atoms with van der Waals surface area (Å²) >= 11 is 0. The first-order valence-electron chi connectivity index (χ1n) is 10.6. The van der Waals surface area contributed by atoms with E-state index in [0.717, 1.165) is 57.4 Å². The van der Waals surface area contributed by atoms with Crippen molar-refractivity contribution in [3.8, 4) is 0 Å². The predicted molar refractivity (Wildman–Crippen MR) is 117 cm³/mol. The number of fused-ring (bicyclic) bond motifs is 1. The number of carbonyl (C=O) groups is 1. The monoisotopic (exact) mass is 406 g/mol. The molecule has 6 heteroatoms. The Morgan fingerprint density at radius 2 is 1.87 bits per heavy atom. The highest BCUT2D eigenvalue weighted by molar-refractivity contribution is 6.05. The van der Waals surface area contributed by atoms with Gasteiger partial charge in [-0.1, -0.05) is 6.07 Å². The van der Waals surface area contributed by atoms with E-state index in [9.17, 15) is 9.18 Å². The zero-order valence-electron chi connectivity index (χ0n) is 17.1. The minimum absolute atomic E-state index is 0.209. The van der Waals surface area contributed by atoms with Crippen LogP contribution in [0.4, 0.5) is 15.8 Å². The van der Waals surface area contributed by atoms with Crippen molar-refractivity contribution in [3.05, 3.63) is 77.9 Å². The number of nitrogens with zero attached hydrogens (tertiary/aromatic N) is 3. The van der Waals surface area contributed by atoms with E-state index < -0.39 is 0 Å². The van der Waals surface area contributed by atoms with Gasteiger partial charge in [-0.25, -0.2) is 4.39 Å². The molecule has 0 atom stereocenters. The predicted octanol–water partition coefficient (Wildman–Crippen LogP) is 4.90. The van der Waals surface area contributed by atoms with E-state index in [2.05, 4.69) is 21.4 Å². The molecule has 2 aromatic carbocycles. The van der Waals surface area contributed by atoms with Gasteiger partial charge in [0, 0.05) is 49.0 Å². The Hall–Kier alpha value is -3.15. The summed E-state index contributed by atoms with van der Waals surface area (Å²) in [6.07, 6.45) is 9.25. The second kappa shape index (κ2) is 9.57. The van der Waals surface area contributed by atoms with Gasteiger partial charge in [0.1, 0.15) is 5.82 Å². The van der Waals surface area contributed by atoms with Gasteiger partial charge in [-0.2, -0.15) is 5.10 Å². The Labute approximate surface area is 176 Å². The molecule has 1 aromatic heterocycles. The highest BCUT2D eigenvalue weighted by Gasteiger charge is 2.20. The van der Waals surface area contributed by atoms with Crippen LogP contribution in [0.5, 0.6) is 0 Å². The lowest BCUT2D eigenvalue weighted by Gasteiger charge is -2.32. The Morgan fingerprint density at radius 3 is 2.67 bits per heavy atom. The average Bonchev–Trinajstić information content (AvgIpc) is 3.28. The number of carbonyl (C=O) groups excluding carboxylic acids is 1. The van der Waals surface area contributed by atoms with Gasteiger partial charge in [0.25, 0.3) is 5.91 Å². The topological polar surface area (TPSA) is 50.2 Å². The van der Waals surface area contributed by atoms with Crippen molar-refractivity contribution >= 4 is 17.3 Å². The van der Waals surface area contributed by atoms with E-state index in [4.69, 9.17) is 0 Å². The van der Waals surface area contributed by atoms with Crippen LogP contribution in [0.15, 0.2) is 60.9 Å². The molecule has 1 aliphatic rings. The number of halogens is 1. The fourth-order valence-corrected chi connectivity index (χ4v) is 4.03. The number of amides is 1. The van der Waals surface area contributed by atoms with Crippen molar-refractivity contribution in [1.82, 2.24) is 9.78 Å². The van der Waals surface area contributed by atoms with Gasteiger partial charge >= 0.3 is 0 Å². The number of aryl methyl sites for hydroxylation is 1. The molecule has 156 valence electrons. The molecule has 3 aromatic rings. The normalized spacial score (nSPS) is 13.2. The summed E-state index contributed by atoms with van der Waals surface area (Å²) in [5.74, 6) is -0.553. The third-order valence-corrected chi connectivity index (χ3v) is 5.58. The first-order valence-corrected chi connectivity index (χ1v) is 10.6. The summed E-state index contributed by atoms with van der Waals surface area (Å²) in [5.41, 5.74) is 3.71. The van der Waals surface area contributed by atoms with Gasteiger partial charge in [0.15, 0.2) is 0 Å². The lowest BCUT2D eigenvalue weighted by molar-refractivity contribution is 0.102. The molecule has 0 fully saturated rings. The van der Waals surface area contributed by atoms with Crippen molar-refractivity contribution in [1.29, 1.82) is 0 Å². The van der Waals surface area contributed by atoms with Gasteiger partial charge in [0.2, 0.25) is 0 Å². The number of nitrogens with one attached hydrogen (secondary N) is 1. The summed E-state index contributed by atoms with van der Waals surface area (Å²) in [4.78, 5) is 15.0. The van der Waals surface area contributed by atoms with Crippen molar-refractivity contribution in [2.45, 2.75) is 38.6 Å². The van der Waals surface area contributed by atoms with Crippen LogP contribution in [0.25, 0.3) is 0 Å². The lowest BCUT2D eigenvalue weighted by Crippen LogP contribution is -2.31.